The first-order valence-corrected chi connectivity index (χ1v) is 14.4. The Morgan fingerprint density at radius 3 is 2.42 bits per heavy atom. The lowest BCUT2D eigenvalue weighted by Gasteiger charge is -2.30. The van der Waals surface area contributed by atoms with Gasteiger partial charge in [-0.05, 0) is 12.5 Å². The van der Waals surface area contributed by atoms with E-state index < -0.39 is 30.8 Å². The van der Waals surface area contributed by atoms with E-state index in [9.17, 15) is 26.9 Å². The van der Waals surface area contributed by atoms with Crippen molar-refractivity contribution in [2.75, 3.05) is 75.5 Å². The Hall–Kier alpha value is -1.36. The number of alkyl halides is 1. The third-order valence-electron chi connectivity index (χ3n) is 5.20. The molecule has 188 valence electrons. The van der Waals surface area contributed by atoms with E-state index in [-0.39, 0.29) is 35.8 Å². The predicted octanol–water partition coefficient (Wildman–Crippen LogP) is 1.03. The molecular weight excluding hydrogens is 544 g/mol. The maximum atomic E-state index is 13.4. The largest absolute Gasteiger partial charge is 0.379 e. The summed E-state index contributed by atoms with van der Waals surface area (Å²) in [7, 11) is -6.85. The smallest absolute Gasteiger partial charge is 0.270 e. The minimum absolute atomic E-state index is 0.0508. The second-order valence-electron chi connectivity index (χ2n) is 7.51. The first kappa shape index (κ1) is 27.9. The molecular formula is C18H29BrN4O8S2. The van der Waals surface area contributed by atoms with Crippen LogP contribution in [-0.2, 0) is 24.9 Å². The Bertz CT molecular complexity index is 1020. The Labute approximate surface area is 202 Å². The van der Waals surface area contributed by atoms with E-state index in [1.165, 1.54) is 19.2 Å². The molecule has 1 fully saturated rings. The molecule has 1 aromatic rings. The molecule has 0 amide bonds. The van der Waals surface area contributed by atoms with Crippen LogP contribution in [0.5, 0.6) is 0 Å². The van der Waals surface area contributed by atoms with Crippen LogP contribution in [0.4, 0.5) is 11.4 Å². The molecule has 33 heavy (non-hydrogen) atoms. The molecule has 1 saturated heterocycles. The molecule has 12 nitrogen and oxygen atoms in total. The fraction of sp³-hybridized carbons (Fsp3) is 0.667. The zero-order valence-electron chi connectivity index (χ0n) is 18.3. The second-order valence-corrected chi connectivity index (χ2v) is 11.9. The summed E-state index contributed by atoms with van der Waals surface area (Å²) in [6, 6.07) is 3.60. The monoisotopic (exact) mass is 572 g/mol. The normalized spacial score (nSPS) is 15.6. The Kier molecular flexibility index (Phi) is 10.5. The summed E-state index contributed by atoms with van der Waals surface area (Å²) in [4.78, 5) is 14.2. The number of rotatable bonds is 13. The lowest BCUT2D eigenvalue weighted by atomic mass is 10.2. The maximum Gasteiger partial charge on any atom is 0.270 e. The minimum atomic E-state index is -4.17. The van der Waals surface area contributed by atoms with Crippen molar-refractivity contribution in [3.63, 3.8) is 0 Å². The third-order valence-corrected chi connectivity index (χ3v) is 8.25. The predicted molar refractivity (Wildman–Crippen MR) is 127 cm³/mol. The number of halogens is 1. The van der Waals surface area contributed by atoms with Gasteiger partial charge in [-0.3, -0.25) is 19.6 Å². The van der Waals surface area contributed by atoms with E-state index in [1.54, 1.807) is 4.90 Å². The first-order chi connectivity index (χ1) is 15.5. The maximum absolute atomic E-state index is 13.4. The molecule has 1 aliphatic rings. The van der Waals surface area contributed by atoms with Gasteiger partial charge in [0.05, 0.1) is 29.6 Å². The van der Waals surface area contributed by atoms with Gasteiger partial charge in [-0.1, -0.05) is 15.9 Å². The lowest BCUT2D eigenvalue weighted by Crippen LogP contribution is -2.42. The van der Waals surface area contributed by atoms with Crippen molar-refractivity contribution in [3.05, 3.63) is 28.3 Å². The number of nitro groups is 1. The Balaban J connectivity index is 2.34. The van der Waals surface area contributed by atoms with Crippen LogP contribution in [0.3, 0.4) is 0 Å². The van der Waals surface area contributed by atoms with Crippen LogP contribution in [0.2, 0.25) is 0 Å². The SMILES string of the molecule is CN(CCN1CCOCC1)S(=O)(=O)c1cc([N+](=O)[O-])ccc1N(CCBr)CCCS(=O)(=O)O. The Morgan fingerprint density at radius 2 is 1.85 bits per heavy atom. The molecule has 0 atom stereocenters. The van der Waals surface area contributed by atoms with Gasteiger partial charge >= 0.3 is 0 Å². The highest BCUT2D eigenvalue weighted by Gasteiger charge is 2.29. The highest BCUT2D eigenvalue weighted by atomic mass is 79.9. The summed E-state index contributed by atoms with van der Waals surface area (Å²) < 4.78 is 64.5. The Morgan fingerprint density at radius 1 is 1.18 bits per heavy atom. The topological polar surface area (TPSA) is 151 Å². The van der Waals surface area contributed by atoms with Crippen LogP contribution < -0.4 is 4.90 Å². The second kappa shape index (κ2) is 12.4. The van der Waals surface area contributed by atoms with Crippen molar-refractivity contribution in [3.8, 4) is 0 Å². The molecule has 1 heterocycles. The number of hydrogen-bond acceptors (Lipinski definition) is 9. The number of likely N-dealkylation sites (N-methyl/N-ethyl adjacent to an activating group) is 1. The van der Waals surface area contributed by atoms with Gasteiger partial charge in [0, 0.05) is 63.8 Å². The number of hydrogen-bond donors (Lipinski definition) is 1. The molecule has 1 aliphatic heterocycles. The summed E-state index contributed by atoms with van der Waals surface area (Å²) in [6.45, 7) is 3.68. The van der Waals surface area contributed by atoms with Crippen molar-refractivity contribution in [1.82, 2.24) is 9.21 Å². The molecule has 1 N–H and O–H groups in total. The molecule has 0 saturated carbocycles. The molecule has 0 aromatic heterocycles. The van der Waals surface area contributed by atoms with Gasteiger partial charge in [0.2, 0.25) is 10.0 Å². The van der Waals surface area contributed by atoms with Crippen molar-refractivity contribution in [2.45, 2.75) is 11.3 Å². The molecule has 2 rings (SSSR count). The number of benzene rings is 1. The first-order valence-electron chi connectivity index (χ1n) is 10.3. The number of morpholine rings is 1. The van der Waals surface area contributed by atoms with Crippen molar-refractivity contribution < 1.29 is 31.0 Å². The molecule has 0 bridgehead atoms. The summed E-state index contributed by atoms with van der Waals surface area (Å²) in [6.07, 6.45) is 0.0508. The highest BCUT2D eigenvalue weighted by molar-refractivity contribution is 9.09. The number of nitrogens with zero attached hydrogens (tertiary/aromatic N) is 4. The van der Waals surface area contributed by atoms with Crippen molar-refractivity contribution in [1.29, 1.82) is 0 Å². The fourth-order valence-electron chi connectivity index (χ4n) is 3.37. The van der Waals surface area contributed by atoms with E-state index >= 15 is 0 Å². The van der Waals surface area contributed by atoms with Crippen LogP contribution in [0.25, 0.3) is 0 Å². The van der Waals surface area contributed by atoms with Crippen molar-refractivity contribution in [2.24, 2.45) is 0 Å². The number of sulfonamides is 1. The van der Waals surface area contributed by atoms with Gasteiger partial charge in [-0.2, -0.15) is 12.7 Å². The van der Waals surface area contributed by atoms with E-state index in [2.05, 4.69) is 20.8 Å². The third kappa shape index (κ3) is 8.42. The van der Waals surface area contributed by atoms with E-state index in [1.807, 2.05) is 0 Å². The average Bonchev–Trinajstić information content (AvgIpc) is 2.76. The summed E-state index contributed by atoms with van der Waals surface area (Å²) in [5, 5.41) is 11.8. The zero-order chi connectivity index (χ0) is 24.6. The van der Waals surface area contributed by atoms with Gasteiger partial charge in [-0.25, -0.2) is 8.42 Å². The highest BCUT2D eigenvalue weighted by Crippen LogP contribution is 2.31. The molecule has 0 aliphatic carbocycles. The fourth-order valence-corrected chi connectivity index (χ4v) is 5.68. The summed E-state index contributed by atoms with van der Waals surface area (Å²) >= 11 is 3.30. The van der Waals surface area contributed by atoms with E-state index in [4.69, 9.17) is 9.29 Å². The molecule has 0 unspecified atom stereocenters. The standard InChI is InChI=1S/C18H29BrN4O8S2/c1-20(8-9-21-10-12-31-13-11-21)33(29,30)18-15-16(23(24)25)3-4-17(18)22(7-5-19)6-2-14-32(26,27)28/h3-4,15H,2,5-14H2,1H3,(H,26,27,28). The van der Waals surface area contributed by atoms with Gasteiger partial charge < -0.3 is 9.64 Å². The summed E-state index contributed by atoms with van der Waals surface area (Å²) in [5.41, 5.74) is -0.135. The average molecular weight is 573 g/mol. The van der Waals surface area contributed by atoms with Crippen LogP contribution in [-0.4, -0.2) is 106 Å². The van der Waals surface area contributed by atoms with E-state index in [0.717, 1.165) is 10.4 Å². The van der Waals surface area contributed by atoms with Crippen LogP contribution in [0, 0.1) is 10.1 Å². The van der Waals surface area contributed by atoms with Crippen LogP contribution in [0.15, 0.2) is 23.1 Å². The number of anilines is 1. The van der Waals surface area contributed by atoms with Crippen LogP contribution in [0.1, 0.15) is 6.42 Å². The molecule has 0 spiro atoms. The zero-order valence-corrected chi connectivity index (χ0v) is 21.5. The lowest BCUT2D eigenvalue weighted by molar-refractivity contribution is -0.385. The van der Waals surface area contributed by atoms with Gasteiger partial charge in [0.15, 0.2) is 0 Å². The molecule has 0 radical (unpaired) electrons. The van der Waals surface area contributed by atoms with Crippen molar-refractivity contribution >= 4 is 47.4 Å². The van der Waals surface area contributed by atoms with E-state index in [0.29, 0.717) is 44.7 Å². The molecule has 1 aromatic carbocycles. The van der Waals surface area contributed by atoms with Gasteiger partial charge in [0.1, 0.15) is 4.90 Å². The summed E-state index contributed by atoms with van der Waals surface area (Å²) in [5.74, 6) is -0.486. The number of nitro benzene ring substituents is 1. The van der Waals surface area contributed by atoms with Gasteiger partial charge in [0.25, 0.3) is 15.8 Å². The minimum Gasteiger partial charge on any atom is -0.379 e. The van der Waals surface area contributed by atoms with Gasteiger partial charge in [-0.15, -0.1) is 0 Å². The van der Waals surface area contributed by atoms with Crippen LogP contribution >= 0.6 is 15.9 Å². The number of ether oxygens (including phenoxy) is 1. The molecule has 15 heteroatoms. The number of non-ortho nitro benzene ring substituents is 1. The quantitative estimate of drug-likeness (QED) is 0.157.